The number of carbonyl (C=O) groups is 2. The van der Waals surface area contributed by atoms with Gasteiger partial charge in [0.2, 0.25) is 12.3 Å². The molecule has 2 N–H and O–H groups in total. The third kappa shape index (κ3) is 4.07. The number of methoxy groups -OCH3 is 1. The van der Waals surface area contributed by atoms with Crippen molar-refractivity contribution in [2.75, 3.05) is 7.11 Å². The normalized spacial score (nSPS) is 19.4. The molecule has 3 aromatic carbocycles. The van der Waals surface area contributed by atoms with Gasteiger partial charge in [0.25, 0.3) is 5.91 Å². The van der Waals surface area contributed by atoms with E-state index in [1.165, 1.54) is 0 Å². The number of nitrogens with zero attached hydrogens (tertiary/aromatic N) is 1. The van der Waals surface area contributed by atoms with E-state index in [1.807, 2.05) is 66.9 Å². The van der Waals surface area contributed by atoms with Gasteiger partial charge in [-0.1, -0.05) is 48.5 Å². The summed E-state index contributed by atoms with van der Waals surface area (Å²) in [5, 5.41) is 2.89. The van der Waals surface area contributed by atoms with Crippen molar-refractivity contribution < 1.29 is 19.0 Å². The number of nitrogens with one attached hydrogen (secondary N) is 2. The van der Waals surface area contributed by atoms with Gasteiger partial charge in [-0.25, -0.2) is 0 Å². The van der Waals surface area contributed by atoms with E-state index < -0.39 is 6.04 Å². The minimum Gasteiger partial charge on any atom is -0.497 e. The third-order valence-electron chi connectivity index (χ3n) is 5.00. The molecule has 1 heterocycles. The molecule has 0 aliphatic carbocycles. The number of hydrazine groups is 1. The Morgan fingerprint density at radius 2 is 1.60 bits per heavy atom. The lowest BCUT2D eigenvalue weighted by Crippen LogP contribution is -2.42. The summed E-state index contributed by atoms with van der Waals surface area (Å²) < 4.78 is 6.89. The van der Waals surface area contributed by atoms with Gasteiger partial charge < -0.3 is 10.1 Å². The Bertz CT molecular complexity index is 1060. The molecule has 1 aliphatic heterocycles. The number of ether oxygens (including phenoxy) is 1. The molecule has 1 saturated heterocycles. The van der Waals surface area contributed by atoms with Crippen LogP contribution in [0.5, 0.6) is 5.75 Å². The fourth-order valence-corrected chi connectivity index (χ4v) is 3.50. The van der Waals surface area contributed by atoms with Gasteiger partial charge in [0.05, 0.1) is 7.11 Å². The van der Waals surface area contributed by atoms with Crippen molar-refractivity contribution in [3.05, 3.63) is 102 Å². The van der Waals surface area contributed by atoms with Gasteiger partial charge in [-0.3, -0.25) is 9.59 Å². The first-order valence-electron chi connectivity index (χ1n) is 9.64. The number of hydrazone groups is 1. The van der Waals surface area contributed by atoms with E-state index in [0.717, 1.165) is 11.1 Å². The molecule has 150 valence electrons. The van der Waals surface area contributed by atoms with Crippen LogP contribution >= 0.6 is 0 Å². The van der Waals surface area contributed by atoms with Crippen LogP contribution in [-0.4, -0.2) is 35.9 Å². The van der Waals surface area contributed by atoms with Crippen LogP contribution in [0.4, 0.5) is 0 Å². The SMILES string of the molecule is COc1ccc(C(=O)N[C@@H]2C(=O)N/[N+](=C\c3ccccc3)[C@H]2c2ccccc2)cc1. The summed E-state index contributed by atoms with van der Waals surface area (Å²) >= 11 is 0. The van der Waals surface area contributed by atoms with Gasteiger partial charge in [-0.05, 0) is 36.4 Å². The lowest BCUT2D eigenvalue weighted by atomic mass is 10.00. The highest BCUT2D eigenvalue weighted by Gasteiger charge is 2.47. The summed E-state index contributed by atoms with van der Waals surface area (Å²) in [7, 11) is 1.57. The highest BCUT2D eigenvalue weighted by Crippen LogP contribution is 2.25. The van der Waals surface area contributed by atoms with Crippen LogP contribution in [0.25, 0.3) is 0 Å². The van der Waals surface area contributed by atoms with E-state index in [4.69, 9.17) is 4.74 Å². The summed E-state index contributed by atoms with van der Waals surface area (Å²) in [6, 6.07) is 25.0. The molecule has 6 nitrogen and oxygen atoms in total. The molecular weight excluding hydrogens is 378 g/mol. The minimum atomic E-state index is -0.748. The molecule has 0 spiro atoms. The summed E-state index contributed by atoms with van der Waals surface area (Å²) in [4.78, 5) is 25.6. The van der Waals surface area contributed by atoms with Gasteiger partial charge in [0, 0.05) is 16.7 Å². The average molecular weight is 400 g/mol. The highest BCUT2D eigenvalue weighted by molar-refractivity contribution is 5.98. The Morgan fingerprint density at radius 3 is 2.23 bits per heavy atom. The predicted molar refractivity (Wildman–Crippen MR) is 113 cm³/mol. The number of benzene rings is 3. The Hall–Kier alpha value is -3.93. The number of hydrogen-bond acceptors (Lipinski definition) is 3. The second-order valence-electron chi connectivity index (χ2n) is 6.96. The lowest BCUT2D eigenvalue weighted by molar-refractivity contribution is -0.596. The molecule has 1 aliphatic rings. The second kappa shape index (κ2) is 8.61. The molecular formula is C24H22N3O3+. The van der Waals surface area contributed by atoms with Crippen LogP contribution < -0.4 is 15.5 Å². The summed E-state index contributed by atoms with van der Waals surface area (Å²) in [6.45, 7) is 0. The van der Waals surface area contributed by atoms with Crippen molar-refractivity contribution in [2.45, 2.75) is 12.1 Å². The molecule has 2 atom stereocenters. The average Bonchev–Trinajstić information content (AvgIpc) is 3.09. The summed E-state index contributed by atoms with van der Waals surface area (Å²) in [5.41, 5.74) is 5.20. The molecule has 0 aromatic heterocycles. The minimum absolute atomic E-state index is 0.266. The van der Waals surface area contributed by atoms with Crippen LogP contribution in [0.2, 0.25) is 0 Å². The molecule has 0 radical (unpaired) electrons. The maximum Gasteiger partial charge on any atom is 0.304 e. The van der Waals surface area contributed by atoms with E-state index in [0.29, 0.717) is 11.3 Å². The maximum absolute atomic E-state index is 12.8. The first kappa shape index (κ1) is 19.4. The molecule has 3 aromatic rings. The van der Waals surface area contributed by atoms with E-state index in [2.05, 4.69) is 10.7 Å². The first-order valence-corrected chi connectivity index (χ1v) is 9.64. The molecule has 0 saturated carbocycles. The van der Waals surface area contributed by atoms with Crippen molar-refractivity contribution in [2.24, 2.45) is 0 Å². The van der Waals surface area contributed by atoms with Crippen molar-refractivity contribution in [1.29, 1.82) is 0 Å². The smallest absolute Gasteiger partial charge is 0.304 e. The zero-order valence-electron chi connectivity index (χ0n) is 16.5. The topological polar surface area (TPSA) is 70.4 Å². The van der Waals surface area contributed by atoms with Gasteiger partial charge in [0.15, 0.2) is 6.04 Å². The van der Waals surface area contributed by atoms with E-state index in [-0.39, 0.29) is 17.9 Å². The molecule has 30 heavy (non-hydrogen) atoms. The predicted octanol–water partition coefficient (Wildman–Crippen LogP) is 2.71. The van der Waals surface area contributed by atoms with E-state index >= 15 is 0 Å². The van der Waals surface area contributed by atoms with Crippen LogP contribution in [0.15, 0.2) is 84.9 Å². The monoisotopic (exact) mass is 400 g/mol. The first-order chi connectivity index (χ1) is 14.7. The summed E-state index contributed by atoms with van der Waals surface area (Å²) in [6.07, 6.45) is 1.87. The van der Waals surface area contributed by atoms with Gasteiger partial charge in [-0.2, -0.15) is 0 Å². The van der Waals surface area contributed by atoms with E-state index in [9.17, 15) is 9.59 Å². The van der Waals surface area contributed by atoms with E-state index in [1.54, 1.807) is 36.1 Å². The fourth-order valence-electron chi connectivity index (χ4n) is 3.50. The Balaban J connectivity index is 1.65. The zero-order chi connectivity index (χ0) is 20.9. The van der Waals surface area contributed by atoms with Crippen LogP contribution in [0.1, 0.15) is 27.5 Å². The molecule has 2 amide bonds. The van der Waals surface area contributed by atoms with Gasteiger partial charge >= 0.3 is 5.91 Å². The highest BCUT2D eigenvalue weighted by atomic mass is 16.5. The molecule has 0 bridgehead atoms. The van der Waals surface area contributed by atoms with Crippen molar-refractivity contribution in [1.82, 2.24) is 10.7 Å². The fraction of sp³-hybridized carbons (Fsp3) is 0.125. The second-order valence-corrected chi connectivity index (χ2v) is 6.96. The lowest BCUT2D eigenvalue weighted by Gasteiger charge is -2.14. The van der Waals surface area contributed by atoms with Crippen molar-refractivity contribution >= 4 is 18.0 Å². The standard InChI is InChI=1S/C24H21N3O3/c1-30-20-14-12-19(13-15-20)23(28)25-21-22(18-10-6-3-7-11-18)27(26-24(21)29)16-17-8-4-2-5-9-17/h2-16,21-22H,1H3,(H-,25,26,28,29)/p+1/b27-16-/t21-,22-/m0/s1. The maximum atomic E-state index is 12.8. The molecule has 0 unspecified atom stereocenters. The molecule has 6 heteroatoms. The van der Waals surface area contributed by atoms with Crippen LogP contribution in [0.3, 0.4) is 0 Å². The largest absolute Gasteiger partial charge is 0.497 e. The number of amides is 2. The third-order valence-corrected chi connectivity index (χ3v) is 5.00. The van der Waals surface area contributed by atoms with Crippen LogP contribution in [-0.2, 0) is 4.79 Å². The van der Waals surface area contributed by atoms with Crippen LogP contribution in [0, 0.1) is 0 Å². The van der Waals surface area contributed by atoms with Crippen molar-refractivity contribution in [3.63, 3.8) is 0 Å². The number of rotatable bonds is 5. The Morgan fingerprint density at radius 1 is 0.967 bits per heavy atom. The van der Waals surface area contributed by atoms with Crippen molar-refractivity contribution in [3.8, 4) is 5.75 Å². The Labute approximate surface area is 174 Å². The number of hydrogen-bond donors (Lipinski definition) is 2. The molecule has 1 fully saturated rings. The zero-order valence-corrected chi connectivity index (χ0v) is 16.5. The number of carbonyl (C=O) groups excluding carboxylic acids is 2. The molecule has 4 rings (SSSR count). The Kier molecular flexibility index (Phi) is 5.57. The van der Waals surface area contributed by atoms with Gasteiger partial charge in [0.1, 0.15) is 5.75 Å². The quantitative estimate of drug-likeness (QED) is 0.647. The van der Waals surface area contributed by atoms with Gasteiger partial charge in [-0.15, -0.1) is 10.1 Å². The summed E-state index contributed by atoms with van der Waals surface area (Å²) in [5.74, 6) is 0.0779.